The highest BCUT2D eigenvalue weighted by Crippen LogP contribution is 2.27. The van der Waals surface area contributed by atoms with Crippen molar-refractivity contribution in [1.29, 1.82) is 0 Å². The smallest absolute Gasteiger partial charge is 0.312 e. The second kappa shape index (κ2) is 9.31. The summed E-state index contributed by atoms with van der Waals surface area (Å²) in [7, 11) is 3.18. The van der Waals surface area contributed by atoms with E-state index in [4.69, 9.17) is 15.2 Å². The fraction of sp³-hybridized carbons (Fsp3) is 0.263. The standard InChI is InChI=1S/C19H23N3O4/c1-25-16-8-5-13(11-17(16)26-2)9-10-21-18(23)15-6-3-14(4-7-15)12-22-19(20)24/h3-8,11H,9-10,12H2,1-2H3,(H,21,23)(H3,20,22,24). The van der Waals surface area contributed by atoms with E-state index in [1.165, 1.54) is 0 Å². The first-order valence-corrected chi connectivity index (χ1v) is 8.15. The molecule has 0 spiro atoms. The van der Waals surface area contributed by atoms with E-state index in [0.29, 0.717) is 36.6 Å². The van der Waals surface area contributed by atoms with Crippen LogP contribution >= 0.6 is 0 Å². The zero-order valence-electron chi connectivity index (χ0n) is 14.9. The highest BCUT2D eigenvalue weighted by molar-refractivity contribution is 5.94. The summed E-state index contributed by atoms with van der Waals surface area (Å²) in [4.78, 5) is 22.9. The Hall–Kier alpha value is -3.22. The summed E-state index contributed by atoms with van der Waals surface area (Å²) in [6.45, 7) is 0.829. The lowest BCUT2D eigenvalue weighted by molar-refractivity contribution is 0.0954. The molecule has 2 aromatic rings. The van der Waals surface area contributed by atoms with Crippen molar-refractivity contribution in [2.75, 3.05) is 20.8 Å². The van der Waals surface area contributed by atoms with Gasteiger partial charge in [0.15, 0.2) is 11.5 Å². The Balaban J connectivity index is 1.85. The van der Waals surface area contributed by atoms with Crippen LogP contribution < -0.4 is 25.8 Å². The van der Waals surface area contributed by atoms with Crippen LogP contribution in [0.2, 0.25) is 0 Å². The number of carbonyl (C=O) groups excluding carboxylic acids is 2. The van der Waals surface area contributed by atoms with Gasteiger partial charge in [-0.2, -0.15) is 0 Å². The molecule has 0 unspecified atom stereocenters. The predicted molar refractivity (Wildman–Crippen MR) is 98.4 cm³/mol. The summed E-state index contributed by atoms with van der Waals surface area (Å²) >= 11 is 0. The molecule has 0 fully saturated rings. The molecule has 0 aliphatic carbocycles. The van der Waals surface area contributed by atoms with Crippen LogP contribution in [0.4, 0.5) is 4.79 Å². The summed E-state index contributed by atoms with van der Waals surface area (Å²) in [5, 5.41) is 5.38. The molecule has 0 atom stereocenters. The van der Waals surface area contributed by atoms with Gasteiger partial charge in [-0.3, -0.25) is 4.79 Å². The first-order chi connectivity index (χ1) is 12.5. The highest BCUT2D eigenvalue weighted by Gasteiger charge is 2.07. The minimum Gasteiger partial charge on any atom is -0.493 e. The number of hydrogen-bond donors (Lipinski definition) is 3. The molecule has 2 aromatic carbocycles. The lowest BCUT2D eigenvalue weighted by Crippen LogP contribution is -2.28. The van der Waals surface area contributed by atoms with Gasteiger partial charge in [0.05, 0.1) is 14.2 Å². The third kappa shape index (κ3) is 5.41. The molecule has 26 heavy (non-hydrogen) atoms. The van der Waals surface area contributed by atoms with E-state index in [-0.39, 0.29) is 5.91 Å². The quantitative estimate of drug-likeness (QED) is 0.671. The van der Waals surface area contributed by atoms with Gasteiger partial charge in [0, 0.05) is 18.7 Å². The second-order valence-corrected chi connectivity index (χ2v) is 5.61. The molecule has 3 amide bonds. The molecule has 0 aliphatic rings. The first kappa shape index (κ1) is 19.1. The van der Waals surface area contributed by atoms with Gasteiger partial charge in [-0.15, -0.1) is 0 Å². The van der Waals surface area contributed by atoms with Gasteiger partial charge in [-0.25, -0.2) is 4.79 Å². The normalized spacial score (nSPS) is 10.1. The molecule has 2 rings (SSSR count). The Kier molecular flexibility index (Phi) is 6.84. The summed E-state index contributed by atoms with van der Waals surface area (Å²) < 4.78 is 10.5. The molecule has 0 saturated heterocycles. The maximum absolute atomic E-state index is 12.2. The Morgan fingerprint density at radius 3 is 2.19 bits per heavy atom. The largest absolute Gasteiger partial charge is 0.493 e. The van der Waals surface area contributed by atoms with Crippen molar-refractivity contribution in [3.05, 3.63) is 59.2 Å². The number of carbonyl (C=O) groups is 2. The molecule has 138 valence electrons. The number of nitrogens with two attached hydrogens (primary N) is 1. The topological polar surface area (TPSA) is 103 Å². The number of primary amides is 1. The molecule has 7 nitrogen and oxygen atoms in total. The number of methoxy groups -OCH3 is 2. The predicted octanol–water partition coefficient (Wildman–Crippen LogP) is 1.84. The second-order valence-electron chi connectivity index (χ2n) is 5.61. The third-order valence-corrected chi connectivity index (χ3v) is 3.83. The molecule has 7 heteroatoms. The number of hydrogen-bond acceptors (Lipinski definition) is 4. The molecule has 0 bridgehead atoms. The maximum atomic E-state index is 12.2. The van der Waals surface area contributed by atoms with Gasteiger partial charge < -0.3 is 25.8 Å². The molecular formula is C19H23N3O4. The molecule has 0 aliphatic heterocycles. The minimum atomic E-state index is -0.581. The van der Waals surface area contributed by atoms with Crippen LogP contribution in [0, 0.1) is 0 Å². The molecular weight excluding hydrogens is 334 g/mol. The molecule has 0 heterocycles. The zero-order valence-corrected chi connectivity index (χ0v) is 14.9. The van der Waals surface area contributed by atoms with E-state index in [1.54, 1.807) is 38.5 Å². The van der Waals surface area contributed by atoms with E-state index in [0.717, 1.165) is 11.1 Å². The van der Waals surface area contributed by atoms with E-state index >= 15 is 0 Å². The number of amides is 3. The van der Waals surface area contributed by atoms with Crippen LogP contribution in [0.5, 0.6) is 11.5 Å². The van der Waals surface area contributed by atoms with Crippen molar-refractivity contribution in [3.8, 4) is 11.5 Å². The van der Waals surface area contributed by atoms with Gasteiger partial charge in [0.2, 0.25) is 0 Å². The highest BCUT2D eigenvalue weighted by atomic mass is 16.5. The fourth-order valence-electron chi connectivity index (χ4n) is 2.42. The number of nitrogens with one attached hydrogen (secondary N) is 2. The van der Waals surface area contributed by atoms with E-state index in [9.17, 15) is 9.59 Å². The van der Waals surface area contributed by atoms with Crippen LogP contribution in [-0.4, -0.2) is 32.7 Å². The minimum absolute atomic E-state index is 0.153. The summed E-state index contributed by atoms with van der Waals surface area (Å²) in [6, 6.07) is 12.1. The number of rotatable bonds is 8. The molecule has 0 radical (unpaired) electrons. The summed E-state index contributed by atoms with van der Waals surface area (Å²) in [5.74, 6) is 1.18. The summed E-state index contributed by atoms with van der Waals surface area (Å²) in [6.07, 6.45) is 0.673. The van der Waals surface area contributed by atoms with Crippen LogP contribution in [0.15, 0.2) is 42.5 Å². The maximum Gasteiger partial charge on any atom is 0.312 e. The summed E-state index contributed by atoms with van der Waals surface area (Å²) in [5.41, 5.74) is 7.49. The van der Waals surface area contributed by atoms with Gasteiger partial charge in [0.25, 0.3) is 5.91 Å². The molecule has 0 aromatic heterocycles. The van der Waals surface area contributed by atoms with Crippen molar-refractivity contribution in [1.82, 2.24) is 10.6 Å². The number of urea groups is 1. The van der Waals surface area contributed by atoms with Crippen molar-refractivity contribution in [2.24, 2.45) is 5.73 Å². The Bertz CT molecular complexity index is 760. The third-order valence-electron chi connectivity index (χ3n) is 3.83. The van der Waals surface area contributed by atoms with Gasteiger partial charge in [0.1, 0.15) is 0 Å². The SMILES string of the molecule is COc1ccc(CCNC(=O)c2ccc(CNC(N)=O)cc2)cc1OC. The van der Waals surface area contributed by atoms with Crippen molar-refractivity contribution in [2.45, 2.75) is 13.0 Å². The molecule has 4 N–H and O–H groups in total. The average Bonchev–Trinajstić information content (AvgIpc) is 2.66. The lowest BCUT2D eigenvalue weighted by Gasteiger charge is -2.10. The van der Waals surface area contributed by atoms with E-state index in [1.807, 2.05) is 18.2 Å². The van der Waals surface area contributed by atoms with Crippen molar-refractivity contribution >= 4 is 11.9 Å². The lowest BCUT2D eigenvalue weighted by atomic mass is 10.1. The van der Waals surface area contributed by atoms with Gasteiger partial charge in [-0.05, 0) is 41.8 Å². The molecule has 0 saturated carbocycles. The van der Waals surface area contributed by atoms with E-state index in [2.05, 4.69) is 10.6 Å². The van der Waals surface area contributed by atoms with Gasteiger partial charge in [-0.1, -0.05) is 18.2 Å². The van der Waals surface area contributed by atoms with Crippen molar-refractivity contribution in [3.63, 3.8) is 0 Å². The zero-order chi connectivity index (χ0) is 18.9. The van der Waals surface area contributed by atoms with Crippen LogP contribution in [0.25, 0.3) is 0 Å². The van der Waals surface area contributed by atoms with Crippen LogP contribution in [0.1, 0.15) is 21.5 Å². The number of benzene rings is 2. The Morgan fingerprint density at radius 2 is 1.58 bits per heavy atom. The first-order valence-electron chi connectivity index (χ1n) is 8.15. The monoisotopic (exact) mass is 357 g/mol. The van der Waals surface area contributed by atoms with Crippen LogP contribution in [-0.2, 0) is 13.0 Å². The van der Waals surface area contributed by atoms with Crippen molar-refractivity contribution < 1.29 is 19.1 Å². The van der Waals surface area contributed by atoms with Crippen LogP contribution in [0.3, 0.4) is 0 Å². The Morgan fingerprint density at radius 1 is 0.923 bits per heavy atom. The fourth-order valence-corrected chi connectivity index (χ4v) is 2.42. The average molecular weight is 357 g/mol. The Labute approximate surface area is 152 Å². The number of ether oxygens (including phenoxy) is 2. The van der Waals surface area contributed by atoms with Gasteiger partial charge >= 0.3 is 6.03 Å². The van der Waals surface area contributed by atoms with E-state index < -0.39 is 6.03 Å².